The molecule has 52 heavy (non-hydrogen) atoms. The third-order valence-corrected chi connectivity index (χ3v) is 11.4. The van der Waals surface area contributed by atoms with E-state index in [9.17, 15) is 0 Å². The second kappa shape index (κ2) is 11.4. The highest BCUT2D eigenvalue weighted by Crippen LogP contribution is 2.53. The summed E-state index contributed by atoms with van der Waals surface area (Å²) in [5, 5.41) is 7.34. The molecule has 0 N–H and O–H groups in total. The van der Waals surface area contributed by atoms with Crippen molar-refractivity contribution in [3.8, 4) is 45.3 Å². The highest BCUT2D eigenvalue weighted by atomic mass is 32.1. The van der Waals surface area contributed by atoms with Crippen molar-refractivity contribution in [3.05, 3.63) is 170 Å². The molecule has 242 valence electrons. The van der Waals surface area contributed by atoms with Gasteiger partial charge in [-0.15, -0.1) is 11.3 Å². The fourth-order valence-electron chi connectivity index (χ4n) is 7.90. The smallest absolute Gasteiger partial charge is 0.164 e. The SMILES string of the molecule is c1ccc(-c2nc(-c3ccc(N4c5c(ccc6ccccc56)-c5cccc6cccc4c56)cc3)nc(-c3cccc4sc5ccccc5c34)n2)cc1. The first kappa shape index (κ1) is 29.1. The molecule has 0 saturated carbocycles. The quantitative estimate of drug-likeness (QED) is 0.186. The summed E-state index contributed by atoms with van der Waals surface area (Å²) < 4.78 is 2.47. The minimum Gasteiger partial charge on any atom is -0.309 e. The van der Waals surface area contributed by atoms with Crippen LogP contribution < -0.4 is 4.90 Å². The van der Waals surface area contributed by atoms with Crippen molar-refractivity contribution in [3.63, 3.8) is 0 Å². The second-order valence-electron chi connectivity index (χ2n) is 13.2. The van der Waals surface area contributed by atoms with Gasteiger partial charge in [0, 0.05) is 58.9 Å². The molecule has 4 nitrogen and oxygen atoms in total. The average Bonchev–Trinajstić information content (AvgIpc) is 3.60. The molecule has 10 aromatic rings. The minimum absolute atomic E-state index is 0.642. The molecule has 2 aromatic heterocycles. The maximum atomic E-state index is 5.18. The van der Waals surface area contributed by atoms with E-state index >= 15 is 0 Å². The molecule has 0 saturated heterocycles. The second-order valence-corrected chi connectivity index (χ2v) is 14.3. The number of anilines is 3. The standard InChI is InChI=1S/C47H28N4S/c1-2-12-31(13-3-1)45-48-46(50-47(49-45)38-19-10-22-41-43(38)37-17-6-7-21-40(37)52-41)32-23-26-33(27-24-32)51-39-20-9-15-30-14-8-18-35(42(30)39)36-28-25-29-11-4-5-16-34(29)44(36)51/h1-28H. The zero-order chi connectivity index (χ0) is 34.2. The van der Waals surface area contributed by atoms with Crippen molar-refractivity contribution in [1.82, 2.24) is 15.0 Å². The number of nitrogens with zero attached hydrogens (tertiary/aromatic N) is 4. The zero-order valence-corrected chi connectivity index (χ0v) is 28.7. The Bertz CT molecular complexity index is 3020. The lowest BCUT2D eigenvalue weighted by molar-refractivity contribution is 1.08. The molecule has 0 bridgehead atoms. The lowest BCUT2D eigenvalue weighted by Gasteiger charge is -2.34. The summed E-state index contributed by atoms with van der Waals surface area (Å²) in [5.41, 5.74) is 8.84. The molecular weight excluding hydrogens is 653 g/mol. The van der Waals surface area contributed by atoms with Crippen LogP contribution in [0.15, 0.2) is 170 Å². The van der Waals surface area contributed by atoms with Gasteiger partial charge < -0.3 is 4.90 Å². The summed E-state index contributed by atoms with van der Waals surface area (Å²) in [7, 11) is 0. The van der Waals surface area contributed by atoms with Crippen molar-refractivity contribution in [2.45, 2.75) is 0 Å². The fraction of sp³-hybridized carbons (Fsp3) is 0. The van der Waals surface area contributed by atoms with E-state index in [0.717, 1.165) is 22.4 Å². The van der Waals surface area contributed by atoms with Crippen molar-refractivity contribution < 1.29 is 0 Å². The Morgan fingerprint density at radius 1 is 0.385 bits per heavy atom. The molecular formula is C47H28N4S. The molecule has 0 atom stereocenters. The molecule has 0 amide bonds. The molecule has 8 aromatic carbocycles. The Hall–Kier alpha value is -6.69. The van der Waals surface area contributed by atoms with Crippen LogP contribution in [0.3, 0.4) is 0 Å². The normalized spacial score (nSPS) is 12.2. The van der Waals surface area contributed by atoms with E-state index in [-0.39, 0.29) is 0 Å². The summed E-state index contributed by atoms with van der Waals surface area (Å²) in [5.74, 6) is 1.96. The van der Waals surface area contributed by atoms with Crippen LogP contribution in [-0.4, -0.2) is 15.0 Å². The number of fused-ring (bicyclic) bond motifs is 7. The molecule has 1 aliphatic heterocycles. The molecule has 0 fully saturated rings. The summed E-state index contributed by atoms with van der Waals surface area (Å²) in [4.78, 5) is 17.8. The monoisotopic (exact) mass is 680 g/mol. The Morgan fingerprint density at radius 3 is 1.87 bits per heavy atom. The number of hydrogen-bond acceptors (Lipinski definition) is 5. The molecule has 0 unspecified atom stereocenters. The first-order valence-electron chi connectivity index (χ1n) is 17.5. The molecule has 5 heteroatoms. The van der Waals surface area contributed by atoms with E-state index in [1.54, 1.807) is 11.3 Å². The Morgan fingerprint density at radius 2 is 1.02 bits per heavy atom. The van der Waals surface area contributed by atoms with Crippen LogP contribution in [0.2, 0.25) is 0 Å². The average molecular weight is 681 g/mol. The molecule has 1 aliphatic rings. The maximum Gasteiger partial charge on any atom is 0.164 e. The van der Waals surface area contributed by atoms with Gasteiger partial charge in [-0.25, -0.2) is 15.0 Å². The first-order valence-corrected chi connectivity index (χ1v) is 18.3. The van der Waals surface area contributed by atoms with Crippen LogP contribution in [0.1, 0.15) is 0 Å². The molecule has 0 aliphatic carbocycles. The van der Waals surface area contributed by atoms with E-state index < -0.39 is 0 Å². The van der Waals surface area contributed by atoms with E-state index in [0.29, 0.717) is 17.5 Å². The third kappa shape index (κ3) is 4.43. The van der Waals surface area contributed by atoms with Crippen LogP contribution in [0.25, 0.3) is 87.0 Å². The van der Waals surface area contributed by atoms with Gasteiger partial charge in [-0.2, -0.15) is 0 Å². The summed E-state index contributed by atoms with van der Waals surface area (Å²) >= 11 is 1.80. The maximum absolute atomic E-state index is 5.18. The van der Waals surface area contributed by atoms with Crippen molar-refractivity contribution in [1.29, 1.82) is 0 Å². The Balaban J connectivity index is 1.10. The fourth-order valence-corrected chi connectivity index (χ4v) is 9.03. The molecule has 0 spiro atoms. The number of thiophene rings is 1. The lowest BCUT2D eigenvalue weighted by atomic mass is 9.88. The van der Waals surface area contributed by atoms with E-state index in [2.05, 4.69) is 157 Å². The van der Waals surface area contributed by atoms with Crippen LogP contribution in [-0.2, 0) is 0 Å². The Labute approximate surface area is 303 Å². The van der Waals surface area contributed by atoms with E-state index in [1.165, 1.54) is 64.2 Å². The van der Waals surface area contributed by atoms with Gasteiger partial charge in [0.25, 0.3) is 0 Å². The van der Waals surface area contributed by atoms with Crippen LogP contribution in [0, 0.1) is 0 Å². The van der Waals surface area contributed by atoms with E-state index in [4.69, 9.17) is 15.0 Å². The Kier molecular flexibility index (Phi) is 6.39. The molecule has 0 radical (unpaired) electrons. The van der Waals surface area contributed by atoms with Gasteiger partial charge in [-0.1, -0.05) is 127 Å². The van der Waals surface area contributed by atoms with Crippen LogP contribution in [0.4, 0.5) is 17.1 Å². The topological polar surface area (TPSA) is 41.9 Å². The van der Waals surface area contributed by atoms with Gasteiger partial charge in [-0.3, -0.25) is 0 Å². The van der Waals surface area contributed by atoms with Gasteiger partial charge in [0.05, 0.1) is 11.4 Å². The highest BCUT2D eigenvalue weighted by molar-refractivity contribution is 7.25. The number of rotatable bonds is 4. The number of benzene rings is 8. The summed E-state index contributed by atoms with van der Waals surface area (Å²) in [6.07, 6.45) is 0. The highest BCUT2D eigenvalue weighted by Gasteiger charge is 2.28. The first-order chi connectivity index (χ1) is 25.8. The van der Waals surface area contributed by atoms with Gasteiger partial charge in [-0.05, 0) is 58.8 Å². The van der Waals surface area contributed by atoms with E-state index in [1.807, 2.05) is 18.2 Å². The van der Waals surface area contributed by atoms with Gasteiger partial charge in [0.2, 0.25) is 0 Å². The van der Waals surface area contributed by atoms with Gasteiger partial charge in [0.1, 0.15) is 0 Å². The van der Waals surface area contributed by atoms with Crippen LogP contribution in [0.5, 0.6) is 0 Å². The number of hydrogen-bond donors (Lipinski definition) is 0. The predicted octanol–water partition coefficient (Wildman–Crippen LogP) is 13.0. The summed E-state index contributed by atoms with van der Waals surface area (Å²) in [6, 6.07) is 60.3. The van der Waals surface area contributed by atoms with Crippen LogP contribution >= 0.6 is 11.3 Å². The largest absolute Gasteiger partial charge is 0.309 e. The molecule has 3 heterocycles. The number of aromatic nitrogens is 3. The van der Waals surface area contributed by atoms with Crippen molar-refractivity contribution in [2.75, 3.05) is 4.90 Å². The summed E-state index contributed by atoms with van der Waals surface area (Å²) in [6.45, 7) is 0. The molecule has 11 rings (SSSR count). The van der Waals surface area contributed by atoms with Crippen molar-refractivity contribution >= 4 is 70.1 Å². The van der Waals surface area contributed by atoms with Gasteiger partial charge >= 0.3 is 0 Å². The third-order valence-electron chi connectivity index (χ3n) is 10.2. The van der Waals surface area contributed by atoms with Crippen molar-refractivity contribution in [2.24, 2.45) is 0 Å². The zero-order valence-electron chi connectivity index (χ0n) is 27.9. The minimum atomic E-state index is 0.642. The lowest BCUT2D eigenvalue weighted by Crippen LogP contribution is -2.15. The predicted molar refractivity (Wildman–Crippen MR) is 218 cm³/mol. The van der Waals surface area contributed by atoms with Gasteiger partial charge in [0.15, 0.2) is 17.5 Å².